The zero-order chi connectivity index (χ0) is 40.3. The van der Waals surface area contributed by atoms with Gasteiger partial charge < -0.3 is 14.1 Å². The molecule has 299 valence electrons. The van der Waals surface area contributed by atoms with E-state index >= 15 is 0 Å². The first-order valence-corrected chi connectivity index (χ1v) is 20.4. The van der Waals surface area contributed by atoms with Gasteiger partial charge in [-0.15, -0.1) is 29.1 Å². The third-order valence-electron chi connectivity index (χ3n) is 11.3. The number of nitrogens with zero attached hydrogens (tertiary/aromatic N) is 2. The van der Waals surface area contributed by atoms with Gasteiger partial charge in [-0.05, 0) is 67.5 Å². The third-order valence-corrected chi connectivity index (χ3v) is 11.3. The molecule has 8 rings (SSSR count). The van der Waals surface area contributed by atoms with Crippen LogP contribution >= 0.6 is 0 Å². The Morgan fingerprint density at radius 2 is 1.45 bits per heavy atom. The number of aliphatic hydroxyl groups excluding tert-OH is 1. The van der Waals surface area contributed by atoms with Crippen LogP contribution in [0.3, 0.4) is 0 Å². The monoisotopic (exact) mass is 946 g/mol. The summed E-state index contributed by atoms with van der Waals surface area (Å²) in [5.41, 5.74) is 8.39. The number of hydrogen-bond donors (Lipinski definition) is 1. The van der Waals surface area contributed by atoms with E-state index in [1.165, 1.54) is 22.4 Å². The first-order chi connectivity index (χ1) is 27.6. The fourth-order valence-corrected chi connectivity index (χ4v) is 8.04. The minimum atomic E-state index is -0.0367. The summed E-state index contributed by atoms with van der Waals surface area (Å²) in [6.45, 7) is 14.9. The van der Waals surface area contributed by atoms with Crippen LogP contribution in [0.15, 0.2) is 138 Å². The minimum Gasteiger partial charge on any atom is -0.512 e. The molecule has 0 saturated carbocycles. The molecule has 58 heavy (non-hydrogen) atoms. The van der Waals surface area contributed by atoms with Crippen LogP contribution in [0.4, 0.5) is 0 Å². The molecule has 0 bridgehead atoms. The molecule has 1 N–H and O–H groups in total. The van der Waals surface area contributed by atoms with Crippen molar-refractivity contribution in [2.24, 2.45) is 11.8 Å². The van der Waals surface area contributed by atoms with Crippen molar-refractivity contribution in [3.63, 3.8) is 0 Å². The topological polar surface area (TPSA) is 68.3 Å². The number of aromatic nitrogens is 2. The molecule has 0 aliphatic rings. The average Bonchev–Trinajstić information content (AvgIpc) is 3.81. The quantitative estimate of drug-likeness (QED) is 0.0843. The van der Waals surface area contributed by atoms with Gasteiger partial charge in [0, 0.05) is 82.8 Å². The van der Waals surface area contributed by atoms with Crippen molar-refractivity contribution in [2.45, 2.75) is 79.6 Å². The molecule has 8 aromatic rings. The van der Waals surface area contributed by atoms with Gasteiger partial charge in [0.2, 0.25) is 0 Å². The number of furan rings is 1. The van der Waals surface area contributed by atoms with Crippen LogP contribution in [0.2, 0.25) is 0 Å². The van der Waals surface area contributed by atoms with Gasteiger partial charge in [0.25, 0.3) is 0 Å². The van der Waals surface area contributed by atoms with Gasteiger partial charge in [-0.25, -0.2) is 0 Å². The number of hydrogen-bond acceptors (Lipinski definition) is 4. The number of pyridine rings is 1. The number of carbonyl (C=O) groups is 1. The van der Waals surface area contributed by atoms with Crippen molar-refractivity contribution >= 4 is 49.3 Å². The van der Waals surface area contributed by atoms with Crippen molar-refractivity contribution in [2.75, 3.05) is 0 Å². The Labute approximate surface area is 356 Å². The summed E-state index contributed by atoms with van der Waals surface area (Å²) in [6.07, 6.45) is 6.84. The van der Waals surface area contributed by atoms with Gasteiger partial charge in [0.15, 0.2) is 5.78 Å². The predicted molar refractivity (Wildman–Crippen MR) is 238 cm³/mol. The van der Waals surface area contributed by atoms with Crippen LogP contribution in [0.25, 0.3) is 71.8 Å². The summed E-state index contributed by atoms with van der Waals surface area (Å²) >= 11 is 0. The van der Waals surface area contributed by atoms with E-state index in [2.05, 4.69) is 128 Å². The molecule has 5 nitrogen and oxygen atoms in total. The van der Waals surface area contributed by atoms with Gasteiger partial charge in [0.1, 0.15) is 11.3 Å². The molecular formula is C52H53IrN2O3-. The average molecular weight is 946 g/mol. The Morgan fingerprint density at radius 1 is 0.776 bits per heavy atom. The molecule has 0 spiro atoms. The predicted octanol–water partition coefficient (Wildman–Crippen LogP) is 14.4. The molecule has 0 aliphatic heterocycles. The number of benzene rings is 5. The number of aliphatic hydroxyl groups is 1. The fraction of sp³-hybridized carbons (Fsp3) is 0.269. The molecule has 5 aromatic carbocycles. The van der Waals surface area contributed by atoms with E-state index in [9.17, 15) is 9.90 Å². The summed E-state index contributed by atoms with van der Waals surface area (Å²) in [5, 5.41) is 15.5. The Bertz CT molecular complexity index is 2670. The van der Waals surface area contributed by atoms with E-state index in [0.29, 0.717) is 0 Å². The third kappa shape index (κ3) is 8.46. The maximum Gasteiger partial charge on any atom is 0.162 e. The zero-order valence-corrected chi connectivity index (χ0v) is 37.0. The van der Waals surface area contributed by atoms with Crippen molar-refractivity contribution in [3.05, 3.63) is 145 Å². The van der Waals surface area contributed by atoms with Crippen molar-refractivity contribution in [3.8, 4) is 28.3 Å². The van der Waals surface area contributed by atoms with E-state index in [-0.39, 0.29) is 48.9 Å². The zero-order valence-electron chi connectivity index (χ0n) is 34.6. The second-order valence-corrected chi connectivity index (χ2v) is 16.0. The molecule has 0 unspecified atom stereocenters. The summed E-state index contributed by atoms with van der Waals surface area (Å²) in [5.74, 6) is 1.41. The standard InChI is InChI=1S/C39H29N2O.C13H24O2.Ir/c1-39(2,3)33-22-28(21-25-11-7-9-15-30(25)33)37-38-32(19-20-40-37)31-18-17-27(36-24-26-12-8-10-16-35(26)42-36)23-34(31)41(38)29-13-5-4-6-14-29;1-5-10(6-2)12(14)9-13(15)11(7-3)8-4;/h4-20,22-24H,1-3H3;9-11,14H,5-8H2,1-4H3;/q-1;;/b;12-9-;. The van der Waals surface area contributed by atoms with Gasteiger partial charge in [-0.2, -0.15) is 0 Å². The number of allylic oxidation sites excluding steroid dienone is 2. The molecule has 0 fully saturated rings. The van der Waals surface area contributed by atoms with E-state index < -0.39 is 0 Å². The van der Waals surface area contributed by atoms with E-state index in [1.54, 1.807) is 0 Å². The molecule has 0 saturated heterocycles. The minimum absolute atomic E-state index is 0. The van der Waals surface area contributed by atoms with Crippen LogP contribution < -0.4 is 0 Å². The maximum absolute atomic E-state index is 11.7. The Morgan fingerprint density at radius 3 is 2.14 bits per heavy atom. The molecule has 0 aliphatic carbocycles. The van der Waals surface area contributed by atoms with Crippen molar-refractivity contribution < 1.29 is 34.4 Å². The van der Waals surface area contributed by atoms with Crippen LogP contribution in [-0.4, -0.2) is 20.4 Å². The Hall–Kier alpha value is -5.29. The molecule has 6 heteroatoms. The van der Waals surface area contributed by atoms with Crippen LogP contribution in [0.5, 0.6) is 0 Å². The SMILES string of the molecule is CC(C)(C)c1cc(-c2nccc3c4ccc(-c5cc6ccccc6o5)cc4n(-c4ccccc4)c23)[c-]c2ccccc12.CCC(CC)C(=O)/C=C(\O)C(CC)CC.[Ir]. The molecular weight excluding hydrogens is 893 g/mol. The number of para-hydroxylation sites is 2. The summed E-state index contributed by atoms with van der Waals surface area (Å²) < 4.78 is 8.62. The Kier molecular flexibility index (Phi) is 13.2. The first kappa shape index (κ1) is 42.3. The molecule has 3 heterocycles. The largest absolute Gasteiger partial charge is 0.512 e. The summed E-state index contributed by atoms with van der Waals surface area (Å²) in [7, 11) is 0. The van der Waals surface area contributed by atoms with Gasteiger partial charge >= 0.3 is 0 Å². The van der Waals surface area contributed by atoms with E-state index in [4.69, 9.17) is 9.40 Å². The van der Waals surface area contributed by atoms with E-state index in [1.807, 2.05) is 52.1 Å². The molecule has 0 atom stereocenters. The van der Waals surface area contributed by atoms with Crippen molar-refractivity contribution in [1.82, 2.24) is 9.55 Å². The molecule has 0 amide bonds. The van der Waals surface area contributed by atoms with Crippen LogP contribution in [-0.2, 0) is 30.3 Å². The van der Waals surface area contributed by atoms with Gasteiger partial charge in [-0.3, -0.25) is 9.78 Å². The van der Waals surface area contributed by atoms with Crippen molar-refractivity contribution in [1.29, 1.82) is 0 Å². The van der Waals surface area contributed by atoms with Gasteiger partial charge in [-0.1, -0.05) is 126 Å². The van der Waals surface area contributed by atoms with Gasteiger partial charge in [0.05, 0.1) is 11.3 Å². The maximum atomic E-state index is 11.7. The molecule has 1 radical (unpaired) electrons. The molecule has 3 aromatic heterocycles. The summed E-state index contributed by atoms with van der Waals surface area (Å²) in [4.78, 5) is 16.7. The number of fused-ring (bicyclic) bond motifs is 5. The Balaban J connectivity index is 0.000000305. The number of ketones is 1. The first-order valence-electron chi connectivity index (χ1n) is 20.4. The smallest absolute Gasteiger partial charge is 0.162 e. The van der Waals surface area contributed by atoms with Crippen LogP contribution in [0.1, 0.15) is 79.7 Å². The number of rotatable bonds is 10. The summed E-state index contributed by atoms with van der Waals surface area (Å²) in [6, 6.07) is 44.2. The second-order valence-electron chi connectivity index (χ2n) is 16.0. The van der Waals surface area contributed by atoms with Crippen LogP contribution in [0, 0.1) is 17.9 Å². The normalized spacial score (nSPS) is 12.1. The second kappa shape index (κ2) is 18.1. The fourth-order valence-electron chi connectivity index (χ4n) is 8.04. The van der Waals surface area contributed by atoms with E-state index in [0.717, 1.165) is 86.7 Å². The number of carbonyl (C=O) groups excluding carboxylic acids is 1.